The van der Waals surface area contributed by atoms with Crippen LogP contribution >= 0.6 is 0 Å². The Labute approximate surface area is 91.1 Å². The molecule has 0 radical (unpaired) electrons. The summed E-state index contributed by atoms with van der Waals surface area (Å²) in [5, 5.41) is 0. The molecule has 0 unspecified atom stereocenters. The Morgan fingerprint density at radius 1 is 1.20 bits per heavy atom. The Balaban J connectivity index is 2.78. The van der Waals surface area contributed by atoms with Gasteiger partial charge < -0.3 is 9.57 Å². The smallest absolute Gasteiger partial charge is 0.119 e. The molecular weight excluding hydrogens is 190 g/mol. The summed E-state index contributed by atoms with van der Waals surface area (Å²) in [6, 6.07) is 8.03. The summed E-state index contributed by atoms with van der Waals surface area (Å²) in [7, 11) is 0. The lowest BCUT2D eigenvalue weighted by Gasteiger charge is -2.23. The van der Waals surface area contributed by atoms with Gasteiger partial charge in [0.05, 0.1) is 13.2 Å². The van der Waals surface area contributed by atoms with Crippen LogP contribution in [0.5, 0.6) is 5.75 Å². The third kappa shape index (κ3) is 3.22. The largest absolute Gasteiger partial charge is 0.494 e. The van der Waals surface area contributed by atoms with Crippen LogP contribution in [0.4, 0.5) is 0 Å². The fraction of sp³-hybridized carbons (Fsp3) is 0.500. The minimum Gasteiger partial charge on any atom is -0.494 e. The SMILES string of the molecule is CCOc1ccc(C(C)(C)CON)cc1. The molecular formula is C12H19NO2. The van der Waals surface area contributed by atoms with Crippen molar-refractivity contribution >= 4 is 0 Å². The van der Waals surface area contributed by atoms with Crippen molar-refractivity contribution in [3.63, 3.8) is 0 Å². The molecule has 84 valence electrons. The normalized spacial score (nSPS) is 11.5. The Morgan fingerprint density at radius 2 is 1.80 bits per heavy atom. The molecule has 0 spiro atoms. The number of benzene rings is 1. The fourth-order valence-electron chi connectivity index (χ4n) is 1.46. The van der Waals surface area contributed by atoms with Gasteiger partial charge in [-0.3, -0.25) is 0 Å². The molecule has 0 heterocycles. The van der Waals surface area contributed by atoms with Gasteiger partial charge in [-0.15, -0.1) is 0 Å². The highest BCUT2D eigenvalue weighted by Gasteiger charge is 2.20. The average Bonchev–Trinajstić information content (AvgIpc) is 2.19. The number of hydrogen-bond donors (Lipinski definition) is 1. The molecule has 15 heavy (non-hydrogen) atoms. The minimum atomic E-state index is -0.0699. The second kappa shape index (κ2) is 5.14. The van der Waals surface area contributed by atoms with Crippen LogP contribution in [-0.2, 0) is 10.3 Å². The lowest BCUT2D eigenvalue weighted by molar-refractivity contribution is 0.0964. The molecule has 3 heteroatoms. The monoisotopic (exact) mass is 209 g/mol. The topological polar surface area (TPSA) is 44.5 Å². The number of ether oxygens (including phenoxy) is 1. The molecule has 3 nitrogen and oxygen atoms in total. The third-order valence-corrected chi connectivity index (χ3v) is 2.39. The van der Waals surface area contributed by atoms with Crippen LogP contribution in [0.1, 0.15) is 26.3 Å². The molecule has 1 rings (SSSR count). The summed E-state index contributed by atoms with van der Waals surface area (Å²) in [4.78, 5) is 4.71. The summed E-state index contributed by atoms with van der Waals surface area (Å²) in [5.41, 5.74) is 1.12. The quantitative estimate of drug-likeness (QED) is 0.756. The van der Waals surface area contributed by atoms with Crippen molar-refractivity contribution in [2.24, 2.45) is 5.90 Å². The van der Waals surface area contributed by atoms with Gasteiger partial charge in [0.2, 0.25) is 0 Å². The summed E-state index contributed by atoms with van der Waals surface area (Å²) in [5.74, 6) is 6.00. The maximum absolute atomic E-state index is 5.38. The van der Waals surface area contributed by atoms with Gasteiger partial charge in [0.1, 0.15) is 5.75 Å². The van der Waals surface area contributed by atoms with Crippen LogP contribution in [0.25, 0.3) is 0 Å². The molecule has 0 fully saturated rings. The van der Waals surface area contributed by atoms with E-state index in [-0.39, 0.29) is 5.41 Å². The second-order valence-electron chi connectivity index (χ2n) is 4.15. The van der Waals surface area contributed by atoms with Crippen LogP contribution in [0.3, 0.4) is 0 Å². The first kappa shape index (κ1) is 12.0. The van der Waals surface area contributed by atoms with Crippen molar-refractivity contribution in [2.75, 3.05) is 13.2 Å². The second-order valence-corrected chi connectivity index (χ2v) is 4.15. The molecule has 0 aliphatic heterocycles. The van der Waals surface area contributed by atoms with Crippen LogP contribution in [0.15, 0.2) is 24.3 Å². The Bertz CT molecular complexity index is 293. The highest BCUT2D eigenvalue weighted by atomic mass is 16.6. The Morgan fingerprint density at radius 3 is 2.27 bits per heavy atom. The van der Waals surface area contributed by atoms with Gasteiger partial charge in [-0.05, 0) is 24.6 Å². The first-order chi connectivity index (χ1) is 7.10. The van der Waals surface area contributed by atoms with E-state index in [1.807, 2.05) is 31.2 Å². The van der Waals surface area contributed by atoms with Gasteiger partial charge >= 0.3 is 0 Å². The Kier molecular flexibility index (Phi) is 4.12. The highest BCUT2D eigenvalue weighted by molar-refractivity contribution is 5.31. The van der Waals surface area contributed by atoms with E-state index in [1.54, 1.807) is 0 Å². The van der Waals surface area contributed by atoms with Crippen molar-refractivity contribution < 1.29 is 9.57 Å². The van der Waals surface area contributed by atoms with Gasteiger partial charge in [0.15, 0.2) is 0 Å². The molecule has 0 aliphatic rings. The van der Waals surface area contributed by atoms with Gasteiger partial charge in [-0.1, -0.05) is 26.0 Å². The van der Waals surface area contributed by atoms with E-state index in [2.05, 4.69) is 13.8 Å². The van der Waals surface area contributed by atoms with Gasteiger partial charge in [-0.25, -0.2) is 5.90 Å². The zero-order valence-electron chi connectivity index (χ0n) is 9.62. The van der Waals surface area contributed by atoms with Gasteiger partial charge in [0.25, 0.3) is 0 Å². The van der Waals surface area contributed by atoms with Crippen molar-refractivity contribution in [3.05, 3.63) is 29.8 Å². The zero-order chi connectivity index (χ0) is 11.3. The predicted octanol–water partition coefficient (Wildman–Crippen LogP) is 2.25. The van der Waals surface area contributed by atoms with E-state index >= 15 is 0 Å². The van der Waals surface area contributed by atoms with E-state index in [1.165, 1.54) is 5.56 Å². The molecule has 0 bridgehead atoms. The molecule has 0 saturated carbocycles. The third-order valence-electron chi connectivity index (χ3n) is 2.39. The summed E-state index contributed by atoms with van der Waals surface area (Å²) in [6.07, 6.45) is 0. The summed E-state index contributed by atoms with van der Waals surface area (Å²) >= 11 is 0. The van der Waals surface area contributed by atoms with Crippen LogP contribution in [0, 0.1) is 0 Å². The molecule has 2 N–H and O–H groups in total. The van der Waals surface area contributed by atoms with E-state index in [0.717, 1.165) is 5.75 Å². The Hall–Kier alpha value is -1.06. The van der Waals surface area contributed by atoms with Crippen molar-refractivity contribution in [3.8, 4) is 5.75 Å². The zero-order valence-corrected chi connectivity index (χ0v) is 9.62. The molecule has 0 amide bonds. The van der Waals surface area contributed by atoms with Crippen LogP contribution < -0.4 is 10.6 Å². The molecule has 1 aromatic carbocycles. The van der Waals surface area contributed by atoms with E-state index < -0.39 is 0 Å². The van der Waals surface area contributed by atoms with Crippen LogP contribution in [-0.4, -0.2) is 13.2 Å². The summed E-state index contributed by atoms with van der Waals surface area (Å²) in [6.45, 7) is 7.35. The van der Waals surface area contributed by atoms with Crippen molar-refractivity contribution in [1.29, 1.82) is 0 Å². The van der Waals surface area contributed by atoms with Crippen molar-refractivity contribution in [2.45, 2.75) is 26.2 Å². The first-order valence-electron chi connectivity index (χ1n) is 5.15. The highest BCUT2D eigenvalue weighted by Crippen LogP contribution is 2.25. The maximum Gasteiger partial charge on any atom is 0.119 e. The minimum absolute atomic E-state index is 0.0699. The van der Waals surface area contributed by atoms with Gasteiger partial charge in [-0.2, -0.15) is 0 Å². The molecule has 0 atom stereocenters. The molecule has 0 aromatic heterocycles. The number of rotatable bonds is 5. The molecule has 0 saturated heterocycles. The number of hydrogen-bond acceptors (Lipinski definition) is 3. The molecule has 0 aliphatic carbocycles. The standard InChI is InChI=1S/C12H19NO2/c1-4-14-11-7-5-10(6-8-11)12(2,3)9-15-13/h5-8H,4,9,13H2,1-3H3. The van der Waals surface area contributed by atoms with Crippen LogP contribution in [0.2, 0.25) is 0 Å². The van der Waals surface area contributed by atoms with Gasteiger partial charge in [0, 0.05) is 5.41 Å². The average molecular weight is 209 g/mol. The first-order valence-corrected chi connectivity index (χ1v) is 5.15. The van der Waals surface area contributed by atoms with E-state index in [9.17, 15) is 0 Å². The predicted molar refractivity (Wildman–Crippen MR) is 60.8 cm³/mol. The fourth-order valence-corrected chi connectivity index (χ4v) is 1.46. The van der Waals surface area contributed by atoms with E-state index in [0.29, 0.717) is 13.2 Å². The lowest BCUT2D eigenvalue weighted by atomic mass is 9.86. The van der Waals surface area contributed by atoms with E-state index in [4.69, 9.17) is 15.5 Å². The number of nitrogens with two attached hydrogens (primary N) is 1. The maximum atomic E-state index is 5.38. The van der Waals surface area contributed by atoms with Crippen molar-refractivity contribution in [1.82, 2.24) is 0 Å². The summed E-state index contributed by atoms with van der Waals surface area (Å²) < 4.78 is 5.38. The molecule has 1 aromatic rings. The lowest BCUT2D eigenvalue weighted by Crippen LogP contribution is -2.26.